The highest BCUT2D eigenvalue weighted by atomic mass is 15.2. The summed E-state index contributed by atoms with van der Waals surface area (Å²) in [5.74, 6) is 1.08. The van der Waals surface area contributed by atoms with E-state index in [0.717, 1.165) is 42.9 Å². The second kappa shape index (κ2) is 8.02. The third-order valence-electron chi connectivity index (χ3n) is 5.51. The number of para-hydroxylation sites is 2. The second-order valence-corrected chi connectivity index (χ2v) is 7.45. The van der Waals surface area contributed by atoms with Crippen LogP contribution in [0, 0.1) is 0 Å². The molecule has 1 atom stereocenters. The number of benzene rings is 2. The minimum Gasteiger partial charge on any atom is -0.341 e. The van der Waals surface area contributed by atoms with Crippen LogP contribution in [0.4, 0.5) is 0 Å². The summed E-state index contributed by atoms with van der Waals surface area (Å²) in [6.45, 7) is 4.33. The number of aromatic amines is 1. The molecule has 0 radical (unpaired) electrons. The van der Waals surface area contributed by atoms with Gasteiger partial charge in [0.1, 0.15) is 5.82 Å². The van der Waals surface area contributed by atoms with Crippen molar-refractivity contribution in [3.8, 4) is 0 Å². The number of aromatic nitrogens is 2. The van der Waals surface area contributed by atoms with Crippen LogP contribution < -0.4 is 0 Å². The third-order valence-corrected chi connectivity index (χ3v) is 5.51. The maximum absolute atomic E-state index is 4.74. The molecule has 136 valence electrons. The Bertz CT molecular complexity index is 793. The van der Waals surface area contributed by atoms with E-state index in [4.69, 9.17) is 4.98 Å². The average Bonchev–Trinajstić information content (AvgIpc) is 3.09. The monoisotopic (exact) mass is 348 g/mol. The van der Waals surface area contributed by atoms with Crippen LogP contribution in [0.1, 0.15) is 24.2 Å². The smallest absolute Gasteiger partial charge is 0.121 e. The zero-order valence-electron chi connectivity index (χ0n) is 15.6. The second-order valence-electron chi connectivity index (χ2n) is 7.45. The number of nitrogens with one attached hydrogen (secondary N) is 1. The number of likely N-dealkylation sites (N-methyl/N-ethyl adjacent to an activating group) is 1. The van der Waals surface area contributed by atoms with Crippen LogP contribution in [0.2, 0.25) is 0 Å². The zero-order valence-corrected chi connectivity index (χ0v) is 15.6. The Morgan fingerprint density at radius 3 is 2.77 bits per heavy atom. The fourth-order valence-corrected chi connectivity index (χ4v) is 3.96. The van der Waals surface area contributed by atoms with Gasteiger partial charge in [0, 0.05) is 19.1 Å². The molecule has 4 nitrogen and oxygen atoms in total. The Labute approximate surface area is 155 Å². The van der Waals surface area contributed by atoms with Gasteiger partial charge >= 0.3 is 0 Å². The molecule has 1 aromatic heterocycles. The maximum atomic E-state index is 4.74. The minimum atomic E-state index is 0.636. The fourth-order valence-electron chi connectivity index (χ4n) is 3.96. The summed E-state index contributed by atoms with van der Waals surface area (Å²) in [4.78, 5) is 13.3. The lowest BCUT2D eigenvalue weighted by molar-refractivity contribution is 0.111. The molecule has 1 N–H and O–H groups in total. The lowest BCUT2D eigenvalue weighted by Crippen LogP contribution is -2.46. The highest BCUT2D eigenvalue weighted by molar-refractivity contribution is 5.74. The fraction of sp³-hybridized carbons (Fsp3) is 0.409. The minimum absolute atomic E-state index is 0.636. The standard InChI is InChI=1S/C22H28N4/c1-25(15-13-18-8-3-2-4-9-18)19-10-7-14-26(16-19)17-22-23-20-11-5-6-12-21(20)24-22/h2-6,8-9,11-12,19H,7,10,13-17H2,1H3,(H,23,24)/t19-/m1/s1. The van der Waals surface area contributed by atoms with Crippen LogP contribution in [0.5, 0.6) is 0 Å². The van der Waals surface area contributed by atoms with Crippen molar-refractivity contribution in [1.29, 1.82) is 0 Å². The molecule has 0 spiro atoms. The number of rotatable bonds is 6. The van der Waals surface area contributed by atoms with Gasteiger partial charge in [-0.05, 0) is 50.6 Å². The van der Waals surface area contributed by atoms with Crippen molar-refractivity contribution in [2.75, 3.05) is 26.7 Å². The molecule has 3 aromatic rings. The molecule has 4 heteroatoms. The zero-order chi connectivity index (χ0) is 17.8. The predicted molar refractivity (Wildman–Crippen MR) is 107 cm³/mol. The van der Waals surface area contributed by atoms with Crippen LogP contribution in [0.3, 0.4) is 0 Å². The summed E-state index contributed by atoms with van der Waals surface area (Å²) in [5.41, 5.74) is 3.63. The van der Waals surface area contributed by atoms with Crippen molar-refractivity contribution in [2.24, 2.45) is 0 Å². The normalized spacial score (nSPS) is 18.6. The van der Waals surface area contributed by atoms with E-state index < -0.39 is 0 Å². The first-order valence-electron chi connectivity index (χ1n) is 9.68. The van der Waals surface area contributed by atoms with E-state index in [2.05, 4.69) is 70.4 Å². The third kappa shape index (κ3) is 4.14. The lowest BCUT2D eigenvalue weighted by Gasteiger charge is -2.37. The van der Waals surface area contributed by atoms with Gasteiger partial charge in [-0.2, -0.15) is 0 Å². The number of nitrogens with zero attached hydrogens (tertiary/aromatic N) is 3. The molecule has 1 aliphatic rings. The van der Waals surface area contributed by atoms with Gasteiger partial charge in [-0.1, -0.05) is 42.5 Å². The van der Waals surface area contributed by atoms with E-state index in [1.54, 1.807) is 0 Å². The van der Waals surface area contributed by atoms with Crippen molar-refractivity contribution in [3.63, 3.8) is 0 Å². The summed E-state index contributed by atoms with van der Waals surface area (Å²) >= 11 is 0. The average molecular weight is 348 g/mol. The van der Waals surface area contributed by atoms with E-state index in [-0.39, 0.29) is 0 Å². The Kier molecular flexibility index (Phi) is 5.32. The van der Waals surface area contributed by atoms with Crippen molar-refractivity contribution >= 4 is 11.0 Å². The number of piperidine rings is 1. The summed E-state index contributed by atoms with van der Waals surface area (Å²) in [7, 11) is 2.28. The van der Waals surface area contributed by atoms with E-state index in [1.807, 2.05) is 6.07 Å². The SMILES string of the molecule is CN(CCc1ccccc1)[C@@H]1CCCN(Cc2nc3ccccc3[nH]2)C1. The van der Waals surface area contributed by atoms with Crippen molar-refractivity contribution in [1.82, 2.24) is 19.8 Å². The molecule has 2 heterocycles. The van der Waals surface area contributed by atoms with Crippen LogP contribution >= 0.6 is 0 Å². The number of H-pyrrole nitrogens is 1. The molecule has 0 bridgehead atoms. The number of hydrogen-bond acceptors (Lipinski definition) is 3. The van der Waals surface area contributed by atoms with E-state index in [0.29, 0.717) is 6.04 Å². The van der Waals surface area contributed by atoms with E-state index in [1.165, 1.54) is 24.9 Å². The highest BCUT2D eigenvalue weighted by Gasteiger charge is 2.23. The first-order valence-corrected chi connectivity index (χ1v) is 9.68. The van der Waals surface area contributed by atoms with Gasteiger partial charge in [-0.25, -0.2) is 4.98 Å². The molecule has 1 saturated heterocycles. The molecule has 0 amide bonds. The first-order chi connectivity index (χ1) is 12.8. The summed E-state index contributed by atoms with van der Waals surface area (Å²) < 4.78 is 0. The van der Waals surface area contributed by atoms with Gasteiger partial charge in [0.15, 0.2) is 0 Å². The Balaban J connectivity index is 1.33. The van der Waals surface area contributed by atoms with Gasteiger partial charge in [0.2, 0.25) is 0 Å². The summed E-state index contributed by atoms with van der Waals surface area (Å²) in [6.07, 6.45) is 3.68. The van der Waals surface area contributed by atoms with Gasteiger partial charge in [0.05, 0.1) is 17.6 Å². The van der Waals surface area contributed by atoms with Crippen LogP contribution in [-0.4, -0.2) is 52.5 Å². The highest BCUT2D eigenvalue weighted by Crippen LogP contribution is 2.18. The maximum Gasteiger partial charge on any atom is 0.121 e. The largest absolute Gasteiger partial charge is 0.341 e. The Morgan fingerprint density at radius 2 is 1.92 bits per heavy atom. The Hall–Kier alpha value is -2.17. The van der Waals surface area contributed by atoms with Crippen LogP contribution in [-0.2, 0) is 13.0 Å². The molecular formula is C22H28N4. The predicted octanol–water partition coefficient (Wildman–Crippen LogP) is 3.70. The van der Waals surface area contributed by atoms with Crippen LogP contribution in [0.25, 0.3) is 11.0 Å². The number of fused-ring (bicyclic) bond motifs is 1. The molecule has 0 saturated carbocycles. The molecule has 1 aliphatic heterocycles. The first kappa shape index (κ1) is 17.3. The van der Waals surface area contributed by atoms with Gasteiger partial charge in [-0.15, -0.1) is 0 Å². The number of likely N-dealkylation sites (tertiary alicyclic amines) is 1. The van der Waals surface area contributed by atoms with Crippen LogP contribution in [0.15, 0.2) is 54.6 Å². The van der Waals surface area contributed by atoms with Crippen molar-refractivity contribution in [3.05, 3.63) is 66.0 Å². The van der Waals surface area contributed by atoms with Gasteiger partial charge < -0.3 is 9.88 Å². The van der Waals surface area contributed by atoms with Crippen molar-refractivity contribution in [2.45, 2.75) is 31.8 Å². The molecule has 2 aromatic carbocycles. The molecular weight excluding hydrogens is 320 g/mol. The van der Waals surface area contributed by atoms with Gasteiger partial charge in [0.25, 0.3) is 0 Å². The number of imidazole rings is 1. The Morgan fingerprint density at radius 1 is 1.12 bits per heavy atom. The van der Waals surface area contributed by atoms with E-state index >= 15 is 0 Å². The summed E-state index contributed by atoms with van der Waals surface area (Å²) in [6, 6.07) is 19.7. The van der Waals surface area contributed by atoms with Gasteiger partial charge in [-0.3, -0.25) is 4.90 Å². The summed E-state index contributed by atoms with van der Waals surface area (Å²) in [5, 5.41) is 0. The molecule has 1 fully saturated rings. The molecule has 0 unspecified atom stereocenters. The van der Waals surface area contributed by atoms with E-state index in [9.17, 15) is 0 Å². The van der Waals surface area contributed by atoms with Crippen molar-refractivity contribution < 1.29 is 0 Å². The molecule has 0 aliphatic carbocycles. The topological polar surface area (TPSA) is 35.2 Å². The molecule has 26 heavy (non-hydrogen) atoms. The number of hydrogen-bond donors (Lipinski definition) is 1. The molecule has 4 rings (SSSR count). The quantitative estimate of drug-likeness (QED) is 0.738. The lowest BCUT2D eigenvalue weighted by atomic mass is 10.0.